The zero-order valence-corrected chi connectivity index (χ0v) is 25.6. The van der Waals surface area contributed by atoms with E-state index in [1.54, 1.807) is 9.58 Å². The Labute approximate surface area is 254 Å². The summed E-state index contributed by atoms with van der Waals surface area (Å²) in [4.78, 5) is 40.3. The summed E-state index contributed by atoms with van der Waals surface area (Å²) in [5.41, 5.74) is 4.88. The van der Waals surface area contributed by atoms with Gasteiger partial charge >= 0.3 is 5.97 Å². The van der Waals surface area contributed by atoms with Gasteiger partial charge in [-0.3, -0.25) is 14.4 Å². The smallest absolute Gasteiger partial charge is 0.305 e. The average Bonchev–Trinajstić information content (AvgIpc) is 3.43. The molecule has 1 amide bonds. The molecule has 230 valence electrons. The maximum Gasteiger partial charge on any atom is 0.305 e. The van der Waals surface area contributed by atoms with Crippen molar-refractivity contribution in [3.63, 3.8) is 0 Å². The fourth-order valence-electron chi connectivity index (χ4n) is 5.33. The summed E-state index contributed by atoms with van der Waals surface area (Å²) >= 11 is 0. The lowest BCUT2D eigenvalue weighted by Gasteiger charge is -2.28. The Morgan fingerprint density at radius 1 is 0.791 bits per heavy atom. The van der Waals surface area contributed by atoms with Crippen molar-refractivity contribution in [2.45, 2.75) is 91.1 Å². The Morgan fingerprint density at radius 2 is 1.58 bits per heavy atom. The molecule has 0 aliphatic carbocycles. The highest BCUT2D eigenvalue weighted by Gasteiger charge is 2.29. The van der Waals surface area contributed by atoms with Crippen molar-refractivity contribution in [3.8, 4) is 22.5 Å². The molecule has 43 heavy (non-hydrogen) atoms. The van der Waals surface area contributed by atoms with Crippen LogP contribution in [0.5, 0.6) is 0 Å². The van der Waals surface area contributed by atoms with Crippen LogP contribution in [0.15, 0.2) is 48.5 Å². The van der Waals surface area contributed by atoms with Crippen LogP contribution in [0.1, 0.15) is 83.6 Å². The van der Waals surface area contributed by atoms with E-state index in [4.69, 9.17) is 9.47 Å². The topological polar surface area (TPSA) is 104 Å². The van der Waals surface area contributed by atoms with Crippen LogP contribution in [0.4, 0.5) is 5.69 Å². The highest BCUT2D eigenvalue weighted by Crippen LogP contribution is 2.41. The van der Waals surface area contributed by atoms with Gasteiger partial charge < -0.3 is 14.4 Å². The van der Waals surface area contributed by atoms with E-state index in [1.807, 2.05) is 48.5 Å². The molecule has 9 heteroatoms. The molecular formula is C34H44N4O5. The largest absolute Gasteiger partial charge is 0.464 e. The molecular weight excluding hydrogens is 544 g/mol. The van der Waals surface area contributed by atoms with E-state index in [2.05, 4.69) is 24.2 Å². The number of aromatic nitrogens is 3. The molecule has 4 rings (SSSR count). The number of ether oxygens (including phenoxy) is 2. The predicted octanol–water partition coefficient (Wildman–Crippen LogP) is 6.53. The lowest BCUT2D eigenvalue weighted by molar-refractivity contribution is -0.144. The Morgan fingerprint density at radius 3 is 2.40 bits per heavy atom. The van der Waals surface area contributed by atoms with Crippen molar-refractivity contribution in [3.05, 3.63) is 54.1 Å². The number of nitrogens with zero attached hydrogens (tertiary/aromatic N) is 4. The van der Waals surface area contributed by atoms with Gasteiger partial charge in [0.1, 0.15) is 18.1 Å². The number of rotatable bonds is 17. The number of hydrogen-bond donors (Lipinski definition) is 0. The predicted molar refractivity (Wildman–Crippen MR) is 166 cm³/mol. The first-order valence-electron chi connectivity index (χ1n) is 15.7. The average molecular weight is 589 g/mol. The third-order valence-electron chi connectivity index (χ3n) is 7.60. The Kier molecular flexibility index (Phi) is 12.5. The van der Waals surface area contributed by atoms with E-state index in [0.29, 0.717) is 45.6 Å². The molecule has 0 saturated heterocycles. The highest BCUT2D eigenvalue weighted by molar-refractivity contribution is 6.01. The molecule has 3 aromatic rings. The zero-order valence-electron chi connectivity index (χ0n) is 25.6. The normalized spacial score (nSPS) is 12.1. The maximum atomic E-state index is 13.7. The zero-order chi connectivity index (χ0) is 30.4. The molecule has 0 fully saturated rings. The fraction of sp³-hybridized carbons (Fsp3) is 0.500. The third kappa shape index (κ3) is 8.83. The van der Waals surface area contributed by atoms with Crippen molar-refractivity contribution < 1.29 is 23.9 Å². The maximum absolute atomic E-state index is 13.7. The van der Waals surface area contributed by atoms with E-state index >= 15 is 0 Å². The Hall–Kier alpha value is -3.85. The summed E-state index contributed by atoms with van der Waals surface area (Å²) in [6, 6.07) is 15.6. The quantitative estimate of drug-likeness (QED) is 0.130. The second-order valence-corrected chi connectivity index (χ2v) is 10.9. The fourth-order valence-corrected chi connectivity index (χ4v) is 5.33. The first-order chi connectivity index (χ1) is 21.0. The molecule has 0 bridgehead atoms. The van der Waals surface area contributed by atoms with Gasteiger partial charge in [0.25, 0.3) is 0 Å². The monoisotopic (exact) mass is 588 g/mol. The van der Waals surface area contributed by atoms with Gasteiger partial charge in [-0.1, -0.05) is 80.8 Å². The second-order valence-electron chi connectivity index (χ2n) is 10.9. The standard InChI is InChI=1S/C34H44N4O5/c1-3-5-6-7-18-32(41)43-24-21-38-34-29-16-10-11-17-30(29)37(25-26-13-8-9-15-28(26)33(34)35-36-38)31(40)20-19-27(39)14-12-23-42-22-4-2/h8-11,13,15-17H,3-7,12,14,18-25H2,1-2H3. The van der Waals surface area contributed by atoms with Gasteiger partial charge in [0.05, 0.1) is 24.5 Å². The molecule has 0 atom stereocenters. The molecule has 0 saturated carbocycles. The summed E-state index contributed by atoms with van der Waals surface area (Å²) in [5, 5.41) is 9.01. The van der Waals surface area contributed by atoms with Gasteiger partial charge in [-0.15, -0.1) is 5.10 Å². The lowest BCUT2D eigenvalue weighted by Crippen LogP contribution is -2.32. The van der Waals surface area contributed by atoms with Crippen molar-refractivity contribution in [2.24, 2.45) is 0 Å². The molecule has 0 spiro atoms. The number of esters is 1. The van der Waals surface area contributed by atoms with Gasteiger partial charge in [-0.2, -0.15) is 0 Å². The van der Waals surface area contributed by atoms with Crippen LogP contribution in [0.3, 0.4) is 0 Å². The Bertz CT molecular complexity index is 1370. The minimum absolute atomic E-state index is 0.0682. The number of carbonyl (C=O) groups is 3. The number of benzene rings is 2. The molecule has 0 N–H and O–H groups in total. The van der Waals surface area contributed by atoms with Crippen molar-refractivity contribution in [2.75, 3.05) is 24.7 Å². The van der Waals surface area contributed by atoms with E-state index in [-0.39, 0.29) is 37.1 Å². The molecule has 1 aromatic heterocycles. The minimum Gasteiger partial charge on any atom is -0.464 e. The molecule has 1 aliphatic heterocycles. The Balaban J connectivity index is 1.53. The summed E-state index contributed by atoms with van der Waals surface area (Å²) in [7, 11) is 0. The molecule has 9 nitrogen and oxygen atoms in total. The first-order valence-corrected chi connectivity index (χ1v) is 15.7. The summed E-state index contributed by atoms with van der Waals surface area (Å²) in [6.07, 6.45) is 6.86. The lowest BCUT2D eigenvalue weighted by atomic mass is 9.95. The van der Waals surface area contributed by atoms with E-state index in [0.717, 1.165) is 65.9 Å². The van der Waals surface area contributed by atoms with Crippen LogP contribution in [0.25, 0.3) is 22.5 Å². The molecule has 2 aromatic carbocycles. The second kappa shape index (κ2) is 16.7. The van der Waals surface area contributed by atoms with Crippen LogP contribution >= 0.6 is 0 Å². The summed E-state index contributed by atoms with van der Waals surface area (Å²) in [6.45, 7) is 6.32. The first kappa shape index (κ1) is 32.1. The highest BCUT2D eigenvalue weighted by atomic mass is 16.5. The van der Waals surface area contributed by atoms with Crippen LogP contribution in [0.2, 0.25) is 0 Å². The number of anilines is 1. The minimum atomic E-state index is -0.204. The summed E-state index contributed by atoms with van der Waals surface area (Å²) in [5.74, 6) is -0.249. The van der Waals surface area contributed by atoms with Crippen LogP contribution in [0, 0.1) is 0 Å². The van der Waals surface area contributed by atoms with Crippen molar-refractivity contribution in [1.82, 2.24) is 15.0 Å². The number of unbranched alkanes of at least 4 members (excludes halogenated alkanes) is 3. The van der Waals surface area contributed by atoms with E-state index < -0.39 is 0 Å². The van der Waals surface area contributed by atoms with Crippen molar-refractivity contribution in [1.29, 1.82) is 0 Å². The molecule has 0 unspecified atom stereocenters. The van der Waals surface area contributed by atoms with Crippen LogP contribution in [-0.4, -0.2) is 52.5 Å². The van der Waals surface area contributed by atoms with Gasteiger partial charge in [0, 0.05) is 50.0 Å². The number of fused-ring (bicyclic) bond motifs is 5. The number of hydrogen-bond acceptors (Lipinski definition) is 7. The SMILES string of the molecule is CCCCCCC(=O)OCCn1nnc2c1-c1ccccc1N(C(=O)CCC(=O)CCCOCCC)Cc1ccccc1-2. The van der Waals surface area contributed by atoms with E-state index in [9.17, 15) is 14.4 Å². The van der Waals surface area contributed by atoms with E-state index in [1.165, 1.54) is 0 Å². The van der Waals surface area contributed by atoms with Gasteiger partial charge in [-0.05, 0) is 30.9 Å². The number of Topliss-reactive ketones (excluding diaryl/α,β-unsaturated/α-hetero) is 1. The number of amides is 1. The van der Waals surface area contributed by atoms with Gasteiger partial charge in [-0.25, -0.2) is 4.68 Å². The van der Waals surface area contributed by atoms with Crippen LogP contribution < -0.4 is 4.90 Å². The summed E-state index contributed by atoms with van der Waals surface area (Å²) < 4.78 is 12.8. The third-order valence-corrected chi connectivity index (χ3v) is 7.60. The number of para-hydroxylation sites is 1. The van der Waals surface area contributed by atoms with Crippen LogP contribution in [-0.2, 0) is 36.9 Å². The number of ketones is 1. The van der Waals surface area contributed by atoms with Gasteiger partial charge in [0.2, 0.25) is 5.91 Å². The number of carbonyl (C=O) groups excluding carboxylic acids is 3. The van der Waals surface area contributed by atoms with Crippen molar-refractivity contribution >= 4 is 23.3 Å². The molecule has 1 aliphatic rings. The van der Waals surface area contributed by atoms with Gasteiger partial charge in [0.15, 0.2) is 0 Å². The molecule has 0 radical (unpaired) electrons. The molecule has 2 heterocycles.